The van der Waals surface area contributed by atoms with Gasteiger partial charge in [-0.2, -0.15) is 0 Å². The smallest absolute Gasteiger partial charge is 0.418 e. The Hall–Kier alpha value is -3.67. The highest BCUT2D eigenvalue weighted by molar-refractivity contribution is 5.97. The van der Waals surface area contributed by atoms with Gasteiger partial charge >= 0.3 is 6.09 Å². The molecule has 0 radical (unpaired) electrons. The van der Waals surface area contributed by atoms with Gasteiger partial charge in [-0.15, -0.1) is 0 Å². The molecule has 0 aliphatic heterocycles. The van der Waals surface area contributed by atoms with Crippen LogP contribution in [0.5, 0.6) is 11.6 Å². The van der Waals surface area contributed by atoms with Gasteiger partial charge in [0.05, 0.1) is 11.0 Å². The van der Waals surface area contributed by atoms with Crippen molar-refractivity contribution in [2.75, 3.05) is 0 Å². The lowest BCUT2D eigenvalue weighted by molar-refractivity contribution is 0.0544. The number of ether oxygens (including phenoxy) is 2. The molecular weight excluding hydrogens is 380 g/mol. The standard InChI is InChI=1S/C24H22N2O4/c1-15(27)16-5-8-20-17(13-16)6-10-22(25-20)29-19-7-9-21-18(14-19)11-12-26(21)23(28)30-24(2,3)4/h5-14H,1-4H3. The van der Waals surface area contributed by atoms with Crippen LogP contribution in [-0.2, 0) is 4.74 Å². The van der Waals surface area contributed by atoms with E-state index >= 15 is 0 Å². The fraction of sp³-hybridized carbons (Fsp3) is 0.208. The molecule has 0 fully saturated rings. The van der Waals surface area contributed by atoms with Gasteiger partial charge in [0.2, 0.25) is 5.88 Å². The Morgan fingerprint density at radius 1 is 0.933 bits per heavy atom. The van der Waals surface area contributed by atoms with E-state index in [1.807, 2.05) is 57.2 Å². The van der Waals surface area contributed by atoms with Crippen LogP contribution in [0.3, 0.4) is 0 Å². The third kappa shape index (κ3) is 4.03. The first-order valence-corrected chi connectivity index (χ1v) is 9.64. The predicted molar refractivity (Wildman–Crippen MR) is 115 cm³/mol. The maximum atomic E-state index is 12.4. The summed E-state index contributed by atoms with van der Waals surface area (Å²) in [6.45, 7) is 7.04. The maximum absolute atomic E-state index is 12.4. The summed E-state index contributed by atoms with van der Waals surface area (Å²) in [6.07, 6.45) is 1.26. The van der Waals surface area contributed by atoms with Crippen molar-refractivity contribution in [1.29, 1.82) is 0 Å². The van der Waals surface area contributed by atoms with Gasteiger partial charge in [0.15, 0.2) is 5.78 Å². The number of hydrogen-bond acceptors (Lipinski definition) is 5. The predicted octanol–water partition coefficient (Wildman–Crippen LogP) is 5.97. The van der Waals surface area contributed by atoms with E-state index < -0.39 is 11.7 Å². The second-order valence-electron chi connectivity index (χ2n) is 8.10. The van der Waals surface area contributed by atoms with Gasteiger partial charge in [-0.1, -0.05) is 0 Å². The zero-order valence-electron chi connectivity index (χ0n) is 17.3. The van der Waals surface area contributed by atoms with Crippen LogP contribution in [0, 0.1) is 0 Å². The van der Waals surface area contributed by atoms with E-state index in [0.717, 1.165) is 21.8 Å². The highest BCUT2D eigenvalue weighted by atomic mass is 16.6. The van der Waals surface area contributed by atoms with E-state index in [1.54, 1.807) is 24.4 Å². The van der Waals surface area contributed by atoms with E-state index in [-0.39, 0.29) is 5.78 Å². The molecule has 0 amide bonds. The summed E-state index contributed by atoms with van der Waals surface area (Å²) in [4.78, 5) is 28.4. The molecule has 2 heterocycles. The van der Waals surface area contributed by atoms with Crippen LogP contribution in [0.1, 0.15) is 38.1 Å². The van der Waals surface area contributed by atoms with Crippen LogP contribution in [0.25, 0.3) is 21.8 Å². The second kappa shape index (κ2) is 7.30. The lowest BCUT2D eigenvalue weighted by Crippen LogP contribution is -2.26. The average molecular weight is 402 g/mol. The van der Waals surface area contributed by atoms with Gasteiger partial charge in [-0.3, -0.25) is 9.36 Å². The third-order valence-electron chi connectivity index (χ3n) is 4.54. The molecule has 2 aromatic carbocycles. The number of hydrogen-bond donors (Lipinski definition) is 0. The number of fused-ring (bicyclic) bond motifs is 2. The number of aromatic nitrogens is 2. The number of ketones is 1. The number of carbonyl (C=O) groups is 2. The molecule has 4 rings (SSSR count). The Morgan fingerprint density at radius 3 is 2.47 bits per heavy atom. The highest BCUT2D eigenvalue weighted by Gasteiger charge is 2.19. The van der Waals surface area contributed by atoms with Crippen LogP contribution < -0.4 is 4.74 Å². The third-order valence-corrected chi connectivity index (χ3v) is 4.54. The van der Waals surface area contributed by atoms with Crippen molar-refractivity contribution < 1.29 is 19.1 Å². The van der Waals surface area contributed by atoms with Crippen molar-refractivity contribution in [2.24, 2.45) is 0 Å². The molecule has 0 aliphatic carbocycles. The first-order chi connectivity index (χ1) is 14.2. The topological polar surface area (TPSA) is 70.4 Å². The summed E-state index contributed by atoms with van der Waals surface area (Å²) >= 11 is 0. The molecule has 6 nitrogen and oxygen atoms in total. The van der Waals surface area contributed by atoms with Gasteiger partial charge < -0.3 is 9.47 Å². The molecule has 0 atom stereocenters. The Morgan fingerprint density at radius 2 is 1.73 bits per heavy atom. The number of rotatable bonds is 3. The largest absolute Gasteiger partial charge is 0.443 e. The monoisotopic (exact) mass is 402 g/mol. The Kier molecular flexibility index (Phi) is 4.78. The van der Waals surface area contributed by atoms with E-state index in [4.69, 9.17) is 9.47 Å². The normalized spacial score (nSPS) is 11.6. The quantitative estimate of drug-likeness (QED) is 0.395. The summed E-state index contributed by atoms with van der Waals surface area (Å²) in [7, 11) is 0. The maximum Gasteiger partial charge on any atom is 0.418 e. The molecule has 0 bridgehead atoms. The molecule has 0 N–H and O–H groups in total. The summed E-state index contributed by atoms with van der Waals surface area (Å²) in [5.74, 6) is 1.07. The fourth-order valence-electron chi connectivity index (χ4n) is 3.16. The van der Waals surface area contributed by atoms with Crippen molar-refractivity contribution in [3.05, 3.63) is 66.4 Å². The lowest BCUT2D eigenvalue weighted by atomic mass is 10.1. The van der Waals surface area contributed by atoms with Gasteiger partial charge in [0, 0.05) is 28.6 Å². The second-order valence-corrected chi connectivity index (χ2v) is 8.10. The molecule has 0 spiro atoms. The molecular formula is C24H22N2O4. The Labute approximate surface area is 174 Å². The number of benzene rings is 2. The van der Waals surface area contributed by atoms with Gasteiger partial charge in [0.25, 0.3) is 0 Å². The van der Waals surface area contributed by atoms with Crippen molar-refractivity contribution in [3.63, 3.8) is 0 Å². The SMILES string of the molecule is CC(=O)c1ccc2nc(Oc3ccc4c(ccn4C(=O)OC(C)(C)C)c3)ccc2c1. The number of Topliss-reactive ketones (excluding diaryl/α,β-unsaturated/α-hetero) is 1. The first-order valence-electron chi connectivity index (χ1n) is 9.64. The zero-order chi connectivity index (χ0) is 21.5. The lowest BCUT2D eigenvalue weighted by Gasteiger charge is -2.19. The molecule has 2 aromatic heterocycles. The average Bonchev–Trinajstić information content (AvgIpc) is 3.09. The van der Waals surface area contributed by atoms with Crippen LogP contribution in [0.4, 0.5) is 4.79 Å². The molecule has 4 aromatic rings. The molecule has 0 saturated heterocycles. The Bertz CT molecular complexity index is 1280. The summed E-state index contributed by atoms with van der Waals surface area (Å²) in [5, 5.41) is 1.73. The number of carbonyl (C=O) groups excluding carboxylic acids is 2. The van der Waals surface area contributed by atoms with Gasteiger partial charge in [-0.05, 0) is 76.2 Å². The van der Waals surface area contributed by atoms with Crippen LogP contribution >= 0.6 is 0 Å². The molecule has 6 heteroatoms. The molecule has 0 aliphatic rings. The van der Waals surface area contributed by atoms with E-state index in [1.165, 1.54) is 11.5 Å². The van der Waals surface area contributed by atoms with Crippen molar-refractivity contribution >= 4 is 33.7 Å². The van der Waals surface area contributed by atoms with Crippen LogP contribution in [0.15, 0.2) is 60.8 Å². The van der Waals surface area contributed by atoms with Crippen LogP contribution in [-0.4, -0.2) is 27.0 Å². The fourth-order valence-corrected chi connectivity index (χ4v) is 3.16. The highest BCUT2D eigenvalue weighted by Crippen LogP contribution is 2.27. The minimum absolute atomic E-state index is 0.0175. The van der Waals surface area contributed by atoms with E-state index in [9.17, 15) is 9.59 Å². The van der Waals surface area contributed by atoms with E-state index in [2.05, 4.69) is 4.98 Å². The van der Waals surface area contributed by atoms with Crippen molar-refractivity contribution in [3.8, 4) is 11.6 Å². The minimum atomic E-state index is -0.566. The van der Waals surface area contributed by atoms with Crippen LogP contribution in [0.2, 0.25) is 0 Å². The van der Waals surface area contributed by atoms with Crippen molar-refractivity contribution in [2.45, 2.75) is 33.3 Å². The summed E-state index contributed by atoms with van der Waals surface area (Å²) in [5.41, 5.74) is 1.57. The van der Waals surface area contributed by atoms with E-state index in [0.29, 0.717) is 17.2 Å². The molecule has 0 unspecified atom stereocenters. The molecule has 30 heavy (non-hydrogen) atoms. The summed E-state index contributed by atoms with van der Waals surface area (Å²) < 4.78 is 12.8. The van der Waals surface area contributed by atoms with Gasteiger partial charge in [0.1, 0.15) is 11.4 Å². The number of nitrogens with zero attached hydrogens (tertiary/aromatic N) is 2. The number of pyridine rings is 1. The summed E-state index contributed by atoms with van der Waals surface area (Å²) in [6, 6.07) is 16.3. The molecule has 0 saturated carbocycles. The Balaban J connectivity index is 1.59. The van der Waals surface area contributed by atoms with Crippen molar-refractivity contribution in [1.82, 2.24) is 9.55 Å². The minimum Gasteiger partial charge on any atom is -0.443 e. The zero-order valence-corrected chi connectivity index (χ0v) is 17.3. The molecule has 152 valence electrons. The van der Waals surface area contributed by atoms with Gasteiger partial charge in [-0.25, -0.2) is 9.78 Å². The first kappa shape index (κ1) is 19.6.